The number of ketones is 1. The summed E-state index contributed by atoms with van der Waals surface area (Å²) in [5.74, 6) is -2.32. The van der Waals surface area contributed by atoms with Crippen molar-refractivity contribution in [1.29, 1.82) is 5.26 Å². The first kappa shape index (κ1) is 28.5. The summed E-state index contributed by atoms with van der Waals surface area (Å²) in [5, 5.41) is 23.7. The van der Waals surface area contributed by atoms with Crippen molar-refractivity contribution < 1.29 is 24.2 Å². The van der Waals surface area contributed by atoms with E-state index >= 15 is 0 Å². The molecule has 0 aliphatic carbocycles. The number of Topliss-reactive ketones (excluding diaryl/α,β-unsaturated/α-hetero) is 1. The van der Waals surface area contributed by atoms with E-state index < -0.39 is 35.4 Å². The quantitative estimate of drug-likeness (QED) is 0.421. The maximum absolute atomic E-state index is 13.4. The summed E-state index contributed by atoms with van der Waals surface area (Å²) in [7, 11) is 0. The van der Waals surface area contributed by atoms with Crippen molar-refractivity contribution in [2.24, 2.45) is 23.2 Å². The second-order valence-electron chi connectivity index (χ2n) is 11.4. The van der Waals surface area contributed by atoms with Crippen LogP contribution in [0.15, 0.2) is 11.0 Å². The van der Waals surface area contributed by atoms with E-state index in [4.69, 9.17) is 9.47 Å². The molecule has 0 radical (unpaired) electrons. The molecule has 7 nitrogen and oxygen atoms in total. The van der Waals surface area contributed by atoms with E-state index in [2.05, 4.69) is 18.0 Å². The first-order chi connectivity index (χ1) is 16.8. The molecule has 1 aromatic rings. The zero-order chi connectivity index (χ0) is 26.8. The van der Waals surface area contributed by atoms with Gasteiger partial charge in [0.2, 0.25) is 0 Å². The van der Waals surface area contributed by atoms with Gasteiger partial charge < -0.3 is 14.6 Å². The minimum Gasteiger partial charge on any atom is -0.458 e. The summed E-state index contributed by atoms with van der Waals surface area (Å²) >= 11 is 1.56. The number of aryl methyl sites for hydroxylation is 1. The number of esters is 1. The number of aromatic nitrogens is 1. The highest BCUT2D eigenvalue weighted by molar-refractivity contribution is 7.09. The van der Waals surface area contributed by atoms with Crippen molar-refractivity contribution in [3.05, 3.63) is 21.7 Å². The van der Waals surface area contributed by atoms with Crippen LogP contribution in [0.1, 0.15) is 84.3 Å². The van der Waals surface area contributed by atoms with Crippen LogP contribution in [0.4, 0.5) is 0 Å². The molecule has 8 heteroatoms. The van der Waals surface area contributed by atoms with Gasteiger partial charge in [0.25, 0.3) is 0 Å². The first-order valence-electron chi connectivity index (χ1n) is 12.9. The minimum atomic E-state index is -1.11. The normalized spacial score (nSPS) is 36.5. The first-order valence-corrected chi connectivity index (χ1v) is 13.8. The summed E-state index contributed by atoms with van der Waals surface area (Å²) in [4.78, 5) is 31.0. The molecule has 0 bridgehead atoms. The summed E-state index contributed by atoms with van der Waals surface area (Å²) in [5.41, 5.74) is 0.270. The van der Waals surface area contributed by atoms with E-state index in [0.29, 0.717) is 6.42 Å². The Morgan fingerprint density at radius 1 is 1.31 bits per heavy atom. The van der Waals surface area contributed by atoms with E-state index in [0.717, 1.165) is 35.5 Å². The third-order valence-corrected chi connectivity index (χ3v) is 8.92. The van der Waals surface area contributed by atoms with E-state index in [9.17, 15) is 20.0 Å². The number of ether oxygens (including phenoxy) is 2. The van der Waals surface area contributed by atoms with Gasteiger partial charge in [-0.15, -0.1) is 11.3 Å². The Kier molecular flexibility index (Phi) is 8.80. The monoisotopic (exact) mass is 516 g/mol. The number of nitrogens with zero attached hydrogens (tertiary/aromatic N) is 2. The highest BCUT2D eigenvalue weighted by atomic mass is 32.1. The Hall–Kier alpha value is -2.08. The van der Waals surface area contributed by atoms with Gasteiger partial charge in [0.1, 0.15) is 11.9 Å². The van der Waals surface area contributed by atoms with Crippen LogP contribution in [0.2, 0.25) is 0 Å². The lowest BCUT2D eigenvalue weighted by atomic mass is 9.69. The number of aliphatic hydroxyl groups is 1. The predicted molar refractivity (Wildman–Crippen MR) is 139 cm³/mol. The molecule has 1 aromatic heterocycles. The molecule has 0 amide bonds. The molecule has 7 atom stereocenters. The average Bonchev–Trinajstić information content (AvgIpc) is 3.26. The van der Waals surface area contributed by atoms with E-state index in [1.807, 2.05) is 32.2 Å². The van der Waals surface area contributed by atoms with Crippen LogP contribution < -0.4 is 0 Å². The summed E-state index contributed by atoms with van der Waals surface area (Å²) in [6, 6.07) is 2.16. The molecule has 2 unspecified atom stereocenters. The number of rotatable bonds is 2. The zero-order valence-corrected chi connectivity index (χ0v) is 23.4. The fraction of sp³-hybridized carbons (Fsp3) is 0.714. The highest BCUT2D eigenvalue weighted by Crippen LogP contribution is 2.45. The van der Waals surface area contributed by atoms with Gasteiger partial charge in [0, 0.05) is 23.1 Å². The summed E-state index contributed by atoms with van der Waals surface area (Å²) in [6.07, 6.45) is 3.32. The lowest BCUT2D eigenvalue weighted by Gasteiger charge is -2.34. The third-order valence-electron chi connectivity index (χ3n) is 8.13. The van der Waals surface area contributed by atoms with E-state index in [1.54, 1.807) is 32.1 Å². The molecular weight excluding hydrogens is 476 g/mol. The maximum Gasteiger partial charge on any atom is 0.307 e. The number of aliphatic hydroxyl groups excluding tert-OH is 1. The van der Waals surface area contributed by atoms with Gasteiger partial charge in [-0.05, 0) is 51.2 Å². The number of fused-ring (bicyclic) bond motifs is 1. The van der Waals surface area contributed by atoms with Gasteiger partial charge in [-0.3, -0.25) is 9.59 Å². The molecular formula is C28H40N2O5S. The summed E-state index contributed by atoms with van der Waals surface area (Å²) < 4.78 is 12.0. The molecule has 3 heterocycles. The Labute approximate surface area is 218 Å². The average molecular weight is 517 g/mol. The van der Waals surface area contributed by atoms with Crippen molar-refractivity contribution in [3.63, 3.8) is 0 Å². The Morgan fingerprint density at radius 3 is 2.61 bits per heavy atom. The van der Waals surface area contributed by atoms with Gasteiger partial charge in [-0.25, -0.2) is 4.98 Å². The van der Waals surface area contributed by atoms with Crippen molar-refractivity contribution in [3.8, 4) is 6.07 Å². The predicted octanol–water partition coefficient (Wildman–Crippen LogP) is 5.26. The van der Waals surface area contributed by atoms with Gasteiger partial charge in [0.15, 0.2) is 0 Å². The SMILES string of the molecule is CC(=Cc1csc(C)n1)[C@@H]1CC2O[C@]2(C)CCC[C@H](C)[C@H](O)C(C)C(=O)C(C)(C)[C@@H](C#N)CC(=O)O1. The molecule has 3 rings (SSSR count). The standard InChI is InChI=1S/C28H40N2O5S/c1-16-9-8-10-28(7)23(35-28)13-22(17(2)11-21-15-36-19(4)30-21)34-24(31)12-20(14-29)27(5,6)26(33)18(3)25(16)32/h11,15-16,18,20,22-23,25,32H,8-10,12-13H2,1-7H3/t16-,18?,20+,22-,23?,25-,28+/m0/s1. The number of epoxide rings is 1. The van der Waals surface area contributed by atoms with Gasteiger partial charge >= 0.3 is 5.97 Å². The number of hydrogen-bond acceptors (Lipinski definition) is 8. The fourth-order valence-corrected chi connectivity index (χ4v) is 5.86. The zero-order valence-electron chi connectivity index (χ0n) is 22.5. The van der Waals surface area contributed by atoms with Crippen LogP contribution in [-0.4, -0.2) is 45.8 Å². The Morgan fingerprint density at radius 2 is 2.00 bits per heavy atom. The Balaban J connectivity index is 1.89. The smallest absolute Gasteiger partial charge is 0.307 e. The lowest BCUT2D eigenvalue weighted by molar-refractivity contribution is -0.150. The van der Waals surface area contributed by atoms with Crippen LogP contribution in [0, 0.1) is 41.4 Å². The number of carbonyl (C=O) groups excluding carboxylic acids is 2. The fourth-order valence-electron chi connectivity index (χ4n) is 5.29. The van der Waals surface area contributed by atoms with Gasteiger partial charge in [0.05, 0.1) is 46.9 Å². The van der Waals surface area contributed by atoms with Crippen LogP contribution in [0.3, 0.4) is 0 Å². The van der Waals surface area contributed by atoms with E-state index in [-0.39, 0.29) is 29.8 Å². The second-order valence-corrected chi connectivity index (χ2v) is 12.5. The van der Waals surface area contributed by atoms with Crippen LogP contribution >= 0.6 is 11.3 Å². The molecule has 2 saturated heterocycles. The van der Waals surface area contributed by atoms with Gasteiger partial charge in [-0.1, -0.05) is 34.1 Å². The van der Waals surface area contributed by atoms with Crippen LogP contribution in [-0.2, 0) is 19.1 Å². The third kappa shape index (κ3) is 6.42. The largest absolute Gasteiger partial charge is 0.458 e. The molecule has 2 aliphatic rings. The summed E-state index contributed by atoms with van der Waals surface area (Å²) in [6.45, 7) is 13.0. The number of hydrogen-bond donors (Lipinski definition) is 1. The molecule has 1 N–H and O–H groups in total. The Bertz CT molecular complexity index is 1040. The molecule has 36 heavy (non-hydrogen) atoms. The second kappa shape index (κ2) is 11.1. The van der Waals surface area contributed by atoms with Crippen LogP contribution in [0.25, 0.3) is 6.08 Å². The van der Waals surface area contributed by atoms with Crippen molar-refractivity contribution in [1.82, 2.24) is 4.98 Å². The highest BCUT2D eigenvalue weighted by Gasteiger charge is 2.53. The number of thiazole rings is 1. The molecule has 2 aliphatic heterocycles. The van der Waals surface area contributed by atoms with Gasteiger partial charge in [-0.2, -0.15) is 5.26 Å². The minimum absolute atomic E-state index is 0.0485. The van der Waals surface area contributed by atoms with Crippen LogP contribution in [0.5, 0.6) is 0 Å². The van der Waals surface area contributed by atoms with Crippen molar-refractivity contribution in [2.75, 3.05) is 0 Å². The molecule has 0 saturated carbocycles. The lowest BCUT2D eigenvalue weighted by Crippen LogP contribution is -2.43. The number of carbonyl (C=O) groups is 2. The number of nitriles is 1. The molecule has 198 valence electrons. The van der Waals surface area contributed by atoms with Crippen molar-refractivity contribution >= 4 is 29.2 Å². The maximum atomic E-state index is 13.4. The van der Waals surface area contributed by atoms with E-state index in [1.165, 1.54) is 0 Å². The topological polar surface area (TPSA) is 113 Å². The van der Waals surface area contributed by atoms with Crippen molar-refractivity contribution in [2.45, 2.75) is 104 Å². The molecule has 0 aromatic carbocycles. The molecule has 2 fully saturated rings. The molecule has 0 spiro atoms. The number of cyclic esters (lactones) is 1.